The number of imide groups is 1. The number of fused-ring (bicyclic) bond motifs is 2. The minimum atomic E-state index is -0.261. The first-order valence-electron chi connectivity index (χ1n) is 8.70. The molecule has 4 heteroatoms. The third-order valence-corrected chi connectivity index (χ3v) is 5.89. The van der Waals surface area contributed by atoms with Crippen LogP contribution < -0.4 is 4.90 Å². The Labute approximate surface area is 160 Å². The number of carbonyl (C=O) groups excluding carboxylic acids is 2. The topological polar surface area (TPSA) is 37.4 Å². The van der Waals surface area contributed by atoms with Gasteiger partial charge in [-0.3, -0.25) is 9.59 Å². The molecule has 27 heavy (non-hydrogen) atoms. The molecule has 1 aliphatic rings. The average Bonchev–Trinajstić information content (AvgIpc) is 3.25. The average molecular weight is 369 g/mol. The van der Waals surface area contributed by atoms with Crippen molar-refractivity contribution in [3.63, 3.8) is 0 Å². The van der Waals surface area contributed by atoms with Gasteiger partial charge in [-0.1, -0.05) is 48.0 Å². The maximum absolute atomic E-state index is 13.3. The normalized spacial score (nSPS) is 13.4. The summed E-state index contributed by atoms with van der Waals surface area (Å²) in [4.78, 5) is 27.7. The van der Waals surface area contributed by atoms with Gasteiger partial charge in [-0.25, -0.2) is 4.90 Å². The molecule has 0 atom stereocenters. The zero-order valence-corrected chi connectivity index (χ0v) is 15.4. The van der Waals surface area contributed by atoms with E-state index in [4.69, 9.17) is 0 Å². The van der Waals surface area contributed by atoms with Crippen molar-refractivity contribution in [1.29, 1.82) is 0 Å². The number of thiophene rings is 1. The number of benzene rings is 3. The molecule has 0 radical (unpaired) electrons. The van der Waals surface area contributed by atoms with E-state index in [0.717, 1.165) is 26.8 Å². The molecule has 0 bridgehead atoms. The minimum Gasteiger partial charge on any atom is -0.268 e. The molecule has 0 N–H and O–H groups in total. The Bertz CT molecular complexity index is 1210. The zero-order valence-electron chi connectivity index (χ0n) is 14.6. The number of nitrogens with zero attached hydrogens (tertiary/aromatic N) is 1. The fourth-order valence-electron chi connectivity index (χ4n) is 3.63. The summed E-state index contributed by atoms with van der Waals surface area (Å²) in [6, 6.07) is 21.1. The number of carbonyl (C=O) groups is 2. The quantitative estimate of drug-likeness (QED) is 0.427. The highest BCUT2D eigenvalue weighted by Crippen LogP contribution is 2.42. The van der Waals surface area contributed by atoms with Gasteiger partial charge in [0.05, 0.1) is 16.8 Å². The van der Waals surface area contributed by atoms with E-state index in [1.165, 1.54) is 4.90 Å². The highest BCUT2D eigenvalue weighted by Gasteiger charge is 2.39. The van der Waals surface area contributed by atoms with Crippen LogP contribution in [0.1, 0.15) is 26.3 Å². The lowest BCUT2D eigenvalue weighted by molar-refractivity contribution is 0.0926. The Morgan fingerprint density at radius 2 is 1.56 bits per heavy atom. The van der Waals surface area contributed by atoms with Crippen molar-refractivity contribution in [1.82, 2.24) is 0 Å². The summed E-state index contributed by atoms with van der Waals surface area (Å²) in [5.74, 6) is -0.519. The predicted octanol–water partition coefficient (Wildman–Crippen LogP) is 5.68. The van der Waals surface area contributed by atoms with E-state index < -0.39 is 0 Å². The van der Waals surface area contributed by atoms with E-state index in [2.05, 4.69) is 0 Å². The van der Waals surface area contributed by atoms with Gasteiger partial charge in [0.2, 0.25) is 0 Å². The second kappa shape index (κ2) is 5.89. The lowest BCUT2D eigenvalue weighted by Crippen LogP contribution is -2.29. The number of aryl methyl sites for hydroxylation is 1. The summed E-state index contributed by atoms with van der Waals surface area (Å²) >= 11 is 1.60. The number of anilines is 1. The summed E-state index contributed by atoms with van der Waals surface area (Å²) in [7, 11) is 0. The third kappa shape index (κ3) is 2.34. The maximum atomic E-state index is 13.3. The predicted molar refractivity (Wildman–Crippen MR) is 110 cm³/mol. The van der Waals surface area contributed by atoms with Crippen molar-refractivity contribution < 1.29 is 9.59 Å². The van der Waals surface area contributed by atoms with E-state index >= 15 is 0 Å². The number of amides is 2. The van der Waals surface area contributed by atoms with E-state index in [0.29, 0.717) is 16.8 Å². The summed E-state index contributed by atoms with van der Waals surface area (Å²) in [5.41, 5.74) is 4.55. The summed E-state index contributed by atoms with van der Waals surface area (Å²) in [6.45, 7) is 2.03. The SMILES string of the molecule is Cc1ccc(-c2c3c(cc4ccsc24)C(=O)N(c2ccccc2)C3=O)cc1. The smallest absolute Gasteiger partial charge is 0.266 e. The van der Waals surface area contributed by atoms with Crippen molar-refractivity contribution in [3.8, 4) is 11.1 Å². The van der Waals surface area contributed by atoms with Crippen molar-refractivity contribution >= 4 is 38.9 Å². The van der Waals surface area contributed by atoms with Crippen LogP contribution in [0, 0.1) is 6.92 Å². The summed E-state index contributed by atoms with van der Waals surface area (Å²) in [5, 5.41) is 2.99. The summed E-state index contributed by atoms with van der Waals surface area (Å²) < 4.78 is 1.04. The molecule has 3 nitrogen and oxygen atoms in total. The molecule has 1 aliphatic heterocycles. The summed E-state index contributed by atoms with van der Waals surface area (Å²) in [6.07, 6.45) is 0. The van der Waals surface area contributed by atoms with Crippen LogP contribution in [0.5, 0.6) is 0 Å². The van der Waals surface area contributed by atoms with Crippen LogP contribution in [0.2, 0.25) is 0 Å². The third-order valence-electron chi connectivity index (χ3n) is 4.95. The van der Waals surface area contributed by atoms with Gasteiger partial charge in [-0.15, -0.1) is 11.3 Å². The van der Waals surface area contributed by atoms with Gasteiger partial charge in [0.1, 0.15) is 0 Å². The largest absolute Gasteiger partial charge is 0.268 e. The zero-order chi connectivity index (χ0) is 18.5. The molecule has 2 amide bonds. The monoisotopic (exact) mass is 369 g/mol. The molecule has 0 saturated heterocycles. The van der Waals surface area contributed by atoms with Gasteiger partial charge in [0.25, 0.3) is 11.8 Å². The van der Waals surface area contributed by atoms with Crippen molar-refractivity contribution in [2.45, 2.75) is 6.92 Å². The van der Waals surface area contributed by atoms with Gasteiger partial charge >= 0.3 is 0 Å². The fourth-order valence-corrected chi connectivity index (χ4v) is 4.59. The van der Waals surface area contributed by atoms with Crippen LogP contribution in [0.25, 0.3) is 21.2 Å². The molecule has 3 aromatic carbocycles. The molecule has 1 aromatic heterocycles. The van der Waals surface area contributed by atoms with Crippen molar-refractivity contribution in [3.05, 3.63) is 88.8 Å². The maximum Gasteiger partial charge on any atom is 0.266 e. The van der Waals surface area contributed by atoms with E-state index in [-0.39, 0.29) is 11.8 Å². The standard InChI is InChI=1S/C23H15NO2S/c1-14-7-9-15(10-8-14)19-20-18(13-16-11-12-27-21(16)19)22(25)24(23(20)26)17-5-3-2-4-6-17/h2-13H,1H3. The van der Waals surface area contributed by atoms with Crippen LogP contribution >= 0.6 is 11.3 Å². The molecule has 0 saturated carbocycles. The molecule has 5 rings (SSSR count). The number of para-hydroxylation sites is 1. The van der Waals surface area contributed by atoms with Gasteiger partial charge in [-0.2, -0.15) is 0 Å². The molecular formula is C23H15NO2S. The molecule has 4 aromatic rings. The molecular weight excluding hydrogens is 354 g/mol. The number of hydrogen-bond donors (Lipinski definition) is 0. The Kier molecular flexibility index (Phi) is 3.49. The highest BCUT2D eigenvalue weighted by atomic mass is 32.1. The second-order valence-electron chi connectivity index (χ2n) is 6.66. The Morgan fingerprint density at radius 1 is 0.815 bits per heavy atom. The fraction of sp³-hybridized carbons (Fsp3) is 0.0435. The Morgan fingerprint density at radius 3 is 2.30 bits per heavy atom. The van der Waals surface area contributed by atoms with E-state index in [1.807, 2.05) is 66.9 Å². The first-order valence-corrected chi connectivity index (χ1v) is 9.58. The minimum absolute atomic E-state index is 0.257. The first-order chi connectivity index (χ1) is 13.1. The van der Waals surface area contributed by atoms with Crippen molar-refractivity contribution in [2.24, 2.45) is 0 Å². The van der Waals surface area contributed by atoms with Crippen LogP contribution in [0.3, 0.4) is 0 Å². The first kappa shape index (κ1) is 16.0. The molecule has 0 spiro atoms. The highest BCUT2D eigenvalue weighted by molar-refractivity contribution is 7.17. The van der Waals surface area contributed by atoms with Gasteiger partial charge in [-0.05, 0) is 47.5 Å². The van der Waals surface area contributed by atoms with E-state index in [9.17, 15) is 9.59 Å². The Hall–Kier alpha value is -3.24. The molecule has 0 unspecified atom stereocenters. The lowest BCUT2D eigenvalue weighted by atomic mass is 9.94. The molecule has 0 aliphatic carbocycles. The molecule has 0 fully saturated rings. The number of hydrogen-bond acceptors (Lipinski definition) is 3. The van der Waals surface area contributed by atoms with Crippen molar-refractivity contribution in [2.75, 3.05) is 4.90 Å². The van der Waals surface area contributed by atoms with Gasteiger partial charge in [0, 0.05) is 10.3 Å². The van der Waals surface area contributed by atoms with Crippen LogP contribution in [0.4, 0.5) is 5.69 Å². The molecule has 130 valence electrons. The second-order valence-corrected chi connectivity index (χ2v) is 7.58. The number of rotatable bonds is 2. The Balaban J connectivity index is 1.80. The molecule has 2 heterocycles. The van der Waals surface area contributed by atoms with E-state index in [1.54, 1.807) is 23.5 Å². The van der Waals surface area contributed by atoms with Crippen LogP contribution in [0.15, 0.2) is 72.1 Å². The van der Waals surface area contributed by atoms with Crippen LogP contribution in [-0.2, 0) is 0 Å². The lowest BCUT2D eigenvalue weighted by Gasteiger charge is -2.14. The van der Waals surface area contributed by atoms with Gasteiger partial charge in [0.15, 0.2) is 0 Å². The van der Waals surface area contributed by atoms with Crippen LogP contribution in [-0.4, -0.2) is 11.8 Å². The van der Waals surface area contributed by atoms with Gasteiger partial charge < -0.3 is 0 Å².